The number of nitriles is 1. The van der Waals surface area contributed by atoms with Gasteiger partial charge in [-0.2, -0.15) is 5.26 Å². The summed E-state index contributed by atoms with van der Waals surface area (Å²) in [6.45, 7) is 1.50. The molecular weight excluding hydrogens is 214 g/mol. The molecule has 2 unspecified atom stereocenters. The molecule has 2 atom stereocenters. The minimum atomic E-state index is -1.60. The summed E-state index contributed by atoms with van der Waals surface area (Å²) in [4.78, 5) is 13.5. The van der Waals surface area contributed by atoms with Crippen LogP contribution in [-0.2, 0) is 0 Å². The normalized spacial score (nSPS) is 13.9. The number of hydrogen-bond acceptors (Lipinski definition) is 6. The van der Waals surface area contributed by atoms with E-state index in [-0.39, 0.29) is 11.4 Å². The maximum atomic E-state index is 10.4. The SMILES string of the molecule is Cc1cc([N+](=O)[O-])cnc1C(O)C(O)C#N. The van der Waals surface area contributed by atoms with Crippen LogP contribution in [0.1, 0.15) is 17.4 Å². The Morgan fingerprint density at radius 2 is 2.25 bits per heavy atom. The predicted molar refractivity (Wildman–Crippen MR) is 52.2 cm³/mol. The molecule has 1 aromatic heterocycles. The minimum absolute atomic E-state index is 0.0552. The summed E-state index contributed by atoms with van der Waals surface area (Å²) in [5.74, 6) is 0. The molecular formula is C9H9N3O4. The second-order valence-corrected chi connectivity index (χ2v) is 3.17. The van der Waals surface area contributed by atoms with Gasteiger partial charge in [0.25, 0.3) is 5.69 Å². The third-order valence-corrected chi connectivity index (χ3v) is 2.03. The van der Waals surface area contributed by atoms with Crippen molar-refractivity contribution in [1.29, 1.82) is 5.26 Å². The van der Waals surface area contributed by atoms with Gasteiger partial charge >= 0.3 is 0 Å². The van der Waals surface area contributed by atoms with Crippen LogP contribution < -0.4 is 0 Å². The summed E-state index contributed by atoms with van der Waals surface area (Å²) >= 11 is 0. The fourth-order valence-corrected chi connectivity index (χ4v) is 1.20. The molecule has 2 N–H and O–H groups in total. The Morgan fingerprint density at radius 1 is 1.62 bits per heavy atom. The van der Waals surface area contributed by atoms with Gasteiger partial charge in [-0.1, -0.05) is 0 Å². The average Bonchev–Trinajstić information content (AvgIpc) is 2.26. The van der Waals surface area contributed by atoms with Crippen molar-refractivity contribution in [1.82, 2.24) is 4.98 Å². The van der Waals surface area contributed by atoms with Crippen LogP contribution in [0.3, 0.4) is 0 Å². The Bertz CT molecular complexity index is 455. The number of pyridine rings is 1. The molecule has 1 heterocycles. The number of nitrogens with zero attached hydrogens (tertiary/aromatic N) is 3. The van der Waals surface area contributed by atoms with E-state index in [0.29, 0.717) is 5.56 Å². The Hall–Kier alpha value is -2.04. The van der Waals surface area contributed by atoms with Crippen molar-refractivity contribution >= 4 is 5.69 Å². The van der Waals surface area contributed by atoms with Gasteiger partial charge in [-0.05, 0) is 12.5 Å². The van der Waals surface area contributed by atoms with Crippen molar-refractivity contribution in [3.05, 3.63) is 33.6 Å². The average molecular weight is 223 g/mol. The highest BCUT2D eigenvalue weighted by molar-refractivity contribution is 5.34. The lowest BCUT2D eigenvalue weighted by Crippen LogP contribution is -2.18. The second kappa shape index (κ2) is 4.65. The van der Waals surface area contributed by atoms with Crippen molar-refractivity contribution in [2.24, 2.45) is 0 Å². The highest BCUT2D eigenvalue weighted by atomic mass is 16.6. The van der Waals surface area contributed by atoms with Gasteiger partial charge in [0.1, 0.15) is 12.3 Å². The maximum Gasteiger partial charge on any atom is 0.287 e. The van der Waals surface area contributed by atoms with E-state index < -0.39 is 17.1 Å². The lowest BCUT2D eigenvalue weighted by molar-refractivity contribution is -0.385. The standard InChI is InChI=1S/C9H9N3O4/c1-5-2-6(12(15)16)4-11-8(5)9(14)7(13)3-10/h2,4,7,9,13-14H,1H3. The zero-order chi connectivity index (χ0) is 12.3. The molecule has 1 aromatic rings. The van der Waals surface area contributed by atoms with Crippen molar-refractivity contribution in [2.75, 3.05) is 0 Å². The molecule has 16 heavy (non-hydrogen) atoms. The lowest BCUT2D eigenvalue weighted by atomic mass is 10.1. The van der Waals surface area contributed by atoms with Crippen LogP contribution in [0.2, 0.25) is 0 Å². The third kappa shape index (κ3) is 2.31. The molecule has 1 rings (SSSR count). The number of nitro groups is 1. The maximum absolute atomic E-state index is 10.4. The topological polar surface area (TPSA) is 120 Å². The predicted octanol–water partition coefficient (Wildman–Crippen LogP) is 0.216. The van der Waals surface area contributed by atoms with Gasteiger partial charge in [-0.3, -0.25) is 15.1 Å². The summed E-state index contributed by atoms with van der Waals surface area (Å²) in [7, 11) is 0. The number of aromatic nitrogens is 1. The molecule has 0 aliphatic carbocycles. The molecule has 0 saturated carbocycles. The number of rotatable bonds is 3. The largest absolute Gasteiger partial charge is 0.383 e. The molecule has 7 heteroatoms. The van der Waals surface area contributed by atoms with Crippen LogP contribution in [0, 0.1) is 28.4 Å². The Morgan fingerprint density at radius 3 is 2.69 bits per heavy atom. The van der Waals surface area contributed by atoms with Gasteiger partial charge in [-0.15, -0.1) is 0 Å². The number of hydrogen-bond donors (Lipinski definition) is 2. The smallest absolute Gasteiger partial charge is 0.287 e. The number of aliphatic hydroxyl groups is 2. The summed E-state index contributed by atoms with van der Waals surface area (Å²) < 4.78 is 0. The fraction of sp³-hybridized carbons (Fsp3) is 0.333. The van der Waals surface area contributed by atoms with Gasteiger partial charge in [-0.25, -0.2) is 0 Å². The Balaban J connectivity index is 3.09. The van der Waals surface area contributed by atoms with Gasteiger partial charge in [0.05, 0.1) is 16.7 Å². The first kappa shape index (κ1) is 12.0. The van der Waals surface area contributed by atoms with Gasteiger partial charge in [0, 0.05) is 6.07 Å². The molecule has 0 aliphatic heterocycles. The summed E-state index contributed by atoms with van der Waals surface area (Å²) in [6.07, 6.45) is -2.10. The Labute approximate surface area is 90.7 Å². The molecule has 0 fully saturated rings. The van der Waals surface area contributed by atoms with Gasteiger partial charge in [0.15, 0.2) is 6.10 Å². The van der Waals surface area contributed by atoms with E-state index in [4.69, 9.17) is 10.4 Å². The molecule has 0 amide bonds. The number of aryl methyl sites for hydroxylation is 1. The highest BCUT2D eigenvalue weighted by Gasteiger charge is 2.22. The van der Waals surface area contributed by atoms with Crippen molar-refractivity contribution in [3.63, 3.8) is 0 Å². The quantitative estimate of drug-likeness (QED) is 0.429. The number of aliphatic hydroxyl groups excluding tert-OH is 2. The summed E-state index contributed by atoms with van der Waals surface area (Å²) in [6, 6.07) is 2.68. The van der Waals surface area contributed by atoms with Crippen LogP contribution >= 0.6 is 0 Å². The first-order valence-electron chi connectivity index (χ1n) is 4.34. The van der Waals surface area contributed by atoms with E-state index in [1.165, 1.54) is 19.1 Å². The monoisotopic (exact) mass is 223 g/mol. The van der Waals surface area contributed by atoms with Crippen molar-refractivity contribution in [2.45, 2.75) is 19.1 Å². The minimum Gasteiger partial charge on any atom is -0.383 e. The first-order chi connectivity index (χ1) is 7.47. The highest BCUT2D eigenvalue weighted by Crippen LogP contribution is 2.21. The third-order valence-electron chi connectivity index (χ3n) is 2.03. The molecule has 7 nitrogen and oxygen atoms in total. The van der Waals surface area contributed by atoms with E-state index >= 15 is 0 Å². The van der Waals surface area contributed by atoms with Crippen molar-refractivity contribution in [3.8, 4) is 6.07 Å². The van der Waals surface area contributed by atoms with E-state index in [1.54, 1.807) is 0 Å². The zero-order valence-electron chi connectivity index (χ0n) is 8.36. The molecule has 0 spiro atoms. The van der Waals surface area contributed by atoms with Crippen LogP contribution in [0.4, 0.5) is 5.69 Å². The van der Waals surface area contributed by atoms with E-state index in [0.717, 1.165) is 6.20 Å². The lowest BCUT2D eigenvalue weighted by Gasteiger charge is -2.12. The first-order valence-corrected chi connectivity index (χ1v) is 4.34. The molecule has 0 radical (unpaired) electrons. The van der Waals surface area contributed by atoms with Crippen LogP contribution in [0.5, 0.6) is 0 Å². The molecule has 0 bridgehead atoms. The molecule has 0 saturated heterocycles. The van der Waals surface area contributed by atoms with Crippen LogP contribution in [-0.4, -0.2) is 26.2 Å². The Kier molecular flexibility index (Phi) is 3.50. The van der Waals surface area contributed by atoms with Crippen LogP contribution in [0.15, 0.2) is 12.3 Å². The van der Waals surface area contributed by atoms with E-state index in [1.807, 2.05) is 0 Å². The van der Waals surface area contributed by atoms with Gasteiger partial charge in [0.2, 0.25) is 0 Å². The van der Waals surface area contributed by atoms with E-state index in [9.17, 15) is 15.2 Å². The molecule has 84 valence electrons. The van der Waals surface area contributed by atoms with E-state index in [2.05, 4.69) is 4.98 Å². The van der Waals surface area contributed by atoms with Crippen molar-refractivity contribution < 1.29 is 15.1 Å². The molecule has 0 aromatic carbocycles. The summed E-state index contributed by atoms with van der Waals surface area (Å²) in [5.41, 5.74) is 0.190. The van der Waals surface area contributed by atoms with Crippen LogP contribution in [0.25, 0.3) is 0 Å². The van der Waals surface area contributed by atoms with Gasteiger partial charge < -0.3 is 10.2 Å². The fourth-order valence-electron chi connectivity index (χ4n) is 1.20. The second-order valence-electron chi connectivity index (χ2n) is 3.17. The summed E-state index contributed by atoms with van der Waals surface area (Å²) in [5, 5.41) is 37.4. The molecule has 0 aliphatic rings. The zero-order valence-corrected chi connectivity index (χ0v) is 8.36.